The first kappa shape index (κ1) is 18.8. The van der Waals surface area contributed by atoms with Crippen molar-refractivity contribution < 1.29 is 22.6 Å². The fourth-order valence-electron chi connectivity index (χ4n) is 2.85. The van der Waals surface area contributed by atoms with Gasteiger partial charge < -0.3 is 19.5 Å². The van der Waals surface area contributed by atoms with Crippen LogP contribution in [0.25, 0.3) is 0 Å². The van der Waals surface area contributed by atoms with Crippen LogP contribution < -0.4 is 24.2 Å². The van der Waals surface area contributed by atoms with Crippen LogP contribution in [0.4, 0.5) is 0 Å². The average Bonchev–Trinajstić information content (AvgIpc) is 2.59. The van der Waals surface area contributed by atoms with Crippen molar-refractivity contribution in [2.75, 3.05) is 41.0 Å². The summed E-state index contributed by atoms with van der Waals surface area (Å²) in [6.45, 7) is 4.18. The summed E-state index contributed by atoms with van der Waals surface area (Å²) in [4.78, 5) is -0.0133. The average molecular weight is 358 g/mol. The minimum Gasteiger partial charge on any atom is -0.496 e. The minimum absolute atomic E-state index is 0.0133. The first-order chi connectivity index (χ1) is 11.3. The largest absolute Gasteiger partial charge is 0.496 e. The molecule has 0 aliphatic carbocycles. The van der Waals surface area contributed by atoms with E-state index in [-0.39, 0.29) is 21.8 Å². The monoisotopic (exact) mass is 358 g/mol. The van der Waals surface area contributed by atoms with Gasteiger partial charge in [-0.1, -0.05) is 6.92 Å². The molecule has 0 bridgehead atoms. The predicted octanol–water partition coefficient (Wildman–Crippen LogP) is 1.38. The quantitative estimate of drug-likeness (QED) is 0.766. The second kappa shape index (κ2) is 7.58. The van der Waals surface area contributed by atoms with Gasteiger partial charge in [-0.15, -0.1) is 0 Å². The summed E-state index contributed by atoms with van der Waals surface area (Å²) in [7, 11) is 0.539. The molecule has 136 valence electrons. The molecule has 0 saturated carbocycles. The maximum absolute atomic E-state index is 12.8. The van der Waals surface area contributed by atoms with E-state index in [1.54, 1.807) is 0 Å². The molecule has 1 atom stereocenters. The third-order valence-corrected chi connectivity index (χ3v) is 5.78. The Morgan fingerprint density at radius 1 is 1.17 bits per heavy atom. The molecule has 1 saturated heterocycles. The number of rotatable bonds is 7. The van der Waals surface area contributed by atoms with Crippen LogP contribution in [0.15, 0.2) is 17.0 Å². The van der Waals surface area contributed by atoms with Crippen molar-refractivity contribution in [1.82, 2.24) is 10.0 Å². The number of hydrogen-bond acceptors (Lipinski definition) is 6. The second-order valence-electron chi connectivity index (χ2n) is 6.28. The van der Waals surface area contributed by atoms with Crippen LogP contribution in [0.3, 0.4) is 0 Å². The van der Waals surface area contributed by atoms with Crippen molar-refractivity contribution in [2.45, 2.75) is 24.7 Å². The lowest BCUT2D eigenvalue weighted by Crippen LogP contribution is -2.45. The van der Waals surface area contributed by atoms with Gasteiger partial charge in [0.25, 0.3) is 0 Å². The van der Waals surface area contributed by atoms with Crippen molar-refractivity contribution >= 4 is 10.0 Å². The molecule has 0 spiro atoms. The molecule has 1 aliphatic heterocycles. The van der Waals surface area contributed by atoms with E-state index in [1.165, 1.54) is 33.5 Å². The molecule has 0 amide bonds. The maximum Gasteiger partial charge on any atom is 0.247 e. The van der Waals surface area contributed by atoms with Gasteiger partial charge in [0, 0.05) is 25.2 Å². The normalized spacial score (nSPS) is 21.3. The molecular weight excluding hydrogens is 332 g/mol. The van der Waals surface area contributed by atoms with Crippen LogP contribution >= 0.6 is 0 Å². The number of hydrogen-bond donors (Lipinski definition) is 2. The number of benzene rings is 1. The standard InChI is InChI=1S/C16H26N2O5S/c1-16(6-5-7-17-10-16)11-18-24(19,20)15-13(22-3)8-12(21-2)9-14(15)23-4/h8-9,17-18H,5-7,10-11H2,1-4H3. The lowest BCUT2D eigenvalue weighted by atomic mass is 9.83. The van der Waals surface area contributed by atoms with E-state index in [2.05, 4.69) is 17.0 Å². The molecular formula is C16H26N2O5S. The van der Waals surface area contributed by atoms with Gasteiger partial charge >= 0.3 is 0 Å². The fourth-order valence-corrected chi connectivity index (χ4v) is 4.35. The summed E-state index contributed by atoms with van der Waals surface area (Å²) in [6.07, 6.45) is 2.01. The van der Waals surface area contributed by atoms with Crippen molar-refractivity contribution in [3.63, 3.8) is 0 Å². The van der Waals surface area contributed by atoms with E-state index in [9.17, 15) is 8.42 Å². The molecule has 1 aromatic rings. The SMILES string of the molecule is COc1cc(OC)c(S(=O)(=O)NCC2(C)CCCNC2)c(OC)c1. The van der Waals surface area contributed by atoms with Crippen LogP contribution in [0.2, 0.25) is 0 Å². The molecule has 24 heavy (non-hydrogen) atoms. The Morgan fingerprint density at radius 3 is 2.25 bits per heavy atom. The van der Waals surface area contributed by atoms with E-state index in [1.807, 2.05) is 0 Å². The zero-order valence-electron chi connectivity index (χ0n) is 14.6. The highest BCUT2D eigenvalue weighted by molar-refractivity contribution is 7.89. The van der Waals surface area contributed by atoms with Gasteiger partial charge in [0.1, 0.15) is 17.2 Å². The minimum atomic E-state index is -3.79. The van der Waals surface area contributed by atoms with Crippen molar-refractivity contribution in [3.05, 3.63) is 12.1 Å². The van der Waals surface area contributed by atoms with E-state index in [0.717, 1.165) is 25.9 Å². The summed E-state index contributed by atoms with van der Waals surface area (Å²) < 4.78 is 44.0. The van der Waals surface area contributed by atoms with Gasteiger partial charge in [-0.2, -0.15) is 0 Å². The Kier molecular flexibility index (Phi) is 5.95. The van der Waals surface area contributed by atoms with Gasteiger partial charge in [-0.05, 0) is 24.8 Å². The molecule has 1 heterocycles. The first-order valence-electron chi connectivity index (χ1n) is 7.85. The summed E-state index contributed by atoms with van der Waals surface area (Å²) in [5.41, 5.74) is -0.113. The van der Waals surface area contributed by atoms with Crippen LogP contribution in [0.5, 0.6) is 17.2 Å². The van der Waals surface area contributed by atoms with E-state index in [4.69, 9.17) is 14.2 Å². The number of sulfonamides is 1. The van der Waals surface area contributed by atoms with Crippen molar-refractivity contribution in [1.29, 1.82) is 0 Å². The van der Waals surface area contributed by atoms with Gasteiger partial charge in [-0.25, -0.2) is 13.1 Å². The first-order valence-corrected chi connectivity index (χ1v) is 9.34. The summed E-state index contributed by atoms with van der Waals surface area (Å²) in [6, 6.07) is 3.06. The summed E-state index contributed by atoms with van der Waals surface area (Å²) >= 11 is 0. The number of methoxy groups -OCH3 is 3. The molecule has 1 unspecified atom stereocenters. The number of ether oxygens (including phenoxy) is 3. The molecule has 2 rings (SSSR count). The van der Waals surface area contributed by atoms with Gasteiger partial charge in [0.05, 0.1) is 21.3 Å². The third-order valence-electron chi connectivity index (χ3n) is 4.31. The zero-order chi connectivity index (χ0) is 17.8. The van der Waals surface area contributed by atoms with Crippen LogP contribution in [0, 0.1) is 5.41 Å². The highest BCUT2D eigenvalue weighted by atomic mass is 32.2. The Hall–Kier alpha value is -1.51. The highest BCUT2D eigenvalue weighted by Gasteiger charge is 2.31. The Morgan fingerprint density at radius 2 is 1.79 bits per heavy atom. The Bertz CT molecular complexity index is 644. The van der Waals surface area contributed by atoms with E-state index < -0.39 is 10.0 Å². The van der Waals surface area contributed by atoms with Gasteiger partial charge in [0.2, 0.25) is 10.0 Å². The highest BCUT2D eigenvalue weighted by Crippen LogP contribution is 2.37. The smallest absolute Gasteiger partial charge is 0.247 e. The molecule has 8 heteroatoms. The topological polar surface area (TPSA) is 85.9 Å². The zero-order valence-corrected chi connectivity index (χ0v) is 15.5. The molecule has 7 nitrogen and oxygen atoms in total. The van der Waals surface area contributed by atoms with Gasteiger partial charge in [0.15, 0.2) is 4.90 Å². The van der Waals surface area contributed by atoms with Crippen molar-refractivity contribution in [3.8, 4) is 17.2 Å². The summed E-state index contributed by atoms with van der Waals surface area (Å²) in [5, 5.41) is 3.31. The van der Waals surface area contributed by atoms with Crippen LogP contribution in [0.1, 0.15) is 19.8 Å². The predicted molar refractivity (Wildman–Crippen MR) is 91.5 cm³/mol. The second-order valence-corrected chi connectivity index (χ2v) is 7.98. The Labute approximate surface area is 143 Å². The third kappa shape index (κ3) is 4.12. The molecule has 0 radical (unpaired) electrons. The number of piperidine rings is 1. The van der Waals surface area contributed by atoms with Crippen LogP contribution in [-0.4, -0.2) is 49.4 Å². The number of nitrogens with one attached hydrogen (secondary N) is 2. The molecule has 1 fully saturated rings. The molecule has 2 N–H and O–H groups in total. The van der Waals surface area contributed by atoms with Gasteiger partial charge in [-0.3, -0.25) is 0 Å². The van der Waals surface area contributed by atoms with E-state index in [0.29, 0.717) is 12.3 Å². The molecule has 0 aromatic heterocycles. The molecule has 1 aromatic carbocycles. The fraction of sp³-hybridized carbons (Fsp3) is 0.625. The molecule has 1 aliphatic rings. The summed E-state index contributed by atoms with van der Waals surface area (Å²) in [5.74, 6) is 0.835. The Balaban J connectivity index is 2.31. The lowest BCUT2D eigenvalue weighted by molar-refractivity contribution is 0.238. The lowest BCUT2D eigenvalue weighted by Gasteiger charge is -2.34. The van der Waals surface area contributed by atoms with Crippen molar-refractivity contribution in [2.24, 2.45) is 5.41 Å². The van der Waals surface area contributed by atoms with E-state index >= 15 is 0 Å². The van der Waals surface area contributed by atoms with Crippen LogP contribution in [-0.2, 0) is 10.0 Å². The maximum atomic E-state index is 12.8.